The average molecular weight is 509 g/mol. The van der Waals surface area contributed by atoms with Crippen LogP contribution in [0.4, 0.5) is 0 Å². The molecule has 1 amide bonds. The van der Waals surface area contributed by atoms with Gasteiger partial charge in [0.25, 0.3) is 5.91 Å². The van der Waals surface area contributed by atoms with Crippen molar-refractivity contribution >= 4 is 23.6 Å². The standard InChI is InChI=1S/C29H37ClN4O2/c1-3-15-29(16-4-2,33-28(35)23(22-31)21-25-9-8-10-27(30)32-25)24-11-13-26(14-12-24)36-20-19-34-17-6-5-7-18-34/h8-14,21H,3-7,15-20H2,1-2H3,(H,33,35)/b23-21+. The van der Waals surface area contributed by atoms with Gasteiger partial charge in [-0.3, -0.25) is 9.69 Å². The number of ether oxygens (including phenoxy) is 1. The van der Waals surface area contributed by atoms with Gasteiger partial charge in [0.1, 0.15) is 29.2 Å². The van der Waals surface area contributed by atoms with Crippen molar-refractivity contribution in [3.05, 3.63) is 64.4 Å². The number of pyridine rings is 1. The zero-order valence-corrected chi connectivity index (χ0v) is 22.2. The highest BCUT2D eigenvalue weighted by Crippen LogP contribution is 2.33. The SMILES string of the molecule is CCCC(CCC)(NC(=O)/C(C#N)=C/c1cccc(Cl)n1)c1ccc(OCCN2CCCCC2)cc1. The van der Waals surface area contributed by atoms with E-state index in [1.807, 2.05) is 30.3 Å². The minimum absolute atomic E-state index is 0.000913. The van der Waals surface area contributed by atoms with Gasteiger partial charge in [0.2, 0.25) is 0 Å². The normalized spacial score (nSPS) is 14.8. The number of likely N-dealkylation sites (tertiary alicyclic amines) is 1. The third-order valence-corrected chi connectivity index (χ3v) is 6.84. The van der Waals surface area contributed by atoms with Crippen LogP contribution >= 0.6 is 11.6 Å². The van der Waals surface area contributed by atoms with E-state index in [1.165, 1.54) is 25.3 Å². The Hall–Kier alpha value is -2.88. The summed E-state index contributed by atoms with van der Waals surface area (Å²) in [6.07, 6.45) is 8.64. The molecule has 0 radical (unpaired) electrons. The van der Waals surface area contributed by atoms with Crippen LogP contribution in [0.15, 0.2) is 48.0 Å². The summed E-state index contributed by atoms with van der Waals surface area (Å²) >= 11 is 5.97. The van der Waals surface area contributed by atoms with Crippen molar-refractivity contribution in [1.29, 1.82) is 5.26 Å². The van der Waals surface area contributed by atoms with Crippen LogP contribution in [0, 0.1) is 11.3 Å². The summed E-state index contributed by atoms with van der Waals surface area (Å²) in [6, 6.07) is 15.2. The van der Waals surface area contributed by atoms with E-state index in [4.69, 9.17) is 16.3 Å². The zero-order chi connectivity index (χ0) is 25.8. The van der Waals surface area contributed by atoms with Crippen LogP contribution < -0.4 is 10.1 Å². The van der Waals surface area contributed by atoms with E-state index in [1.54, 1.807) is 18.2 Å². The van der Waals surface area contributed by atoms with Gasteiger partial charge >= 0.3 is 0 Å². The van der Waals surface area contributed by atoms with Crippen LogP contribution in [-0.2, 0) is 10.3 Å². The number of carbonyl (C=O) groups is 1. The number of carbonyl (C=O) groups excluding carboxylic acids is 1. The van der Waals surface area contributed by atoms with Gasteiger partial charge in [-0.05, 0) is 74.7 Å². The van der Waals surface area contributed by atoms with E-state index < -0.39 is 11.4 Å². The first-order valence-corrected chi connectivity index (χ1v) is 13.4. The molecule has 0 aliphatic carbocycles. The Kier molecular flexibility index (Phi) is 10.8. The van der Waals surface area contributed by atoms with E-state index in [9.17, 15) is 10.1 Å². The number of nitriles is 1. The summed E-state index contributed by atoms with van der Waals surface area (Å²) in [5.74, 6) is 0.414. The molecule has 1 aromatic carbocycles. The van der Waals surface area contributed by atoms with E-state index in [-0.39, 0.29) is 5.57 Å². The lowest BCUT2D eigenvalue weighted by Crippen LogP contribution is -2.46. The molecule has 2 aromatic rings. The fourth-order valence-corrected chi connectivity index (χ4v) is 5.07. The van der Waals surface area contributed by atoms with Gasteiger partial charge in [-0.1, -0.05) is 62.9 Å². The Balaban J connectivity index is 1.75. The Morgan fingerprint density at radius 1 is 1.14 bits per heavy atom. The monoisotopic (exact) mass is 508 g/mol. The number of nitrogens with zero attached hydrogens (tertiary/aromatic N) is 3. The van der Waals surface area contributed by atoms with Crippen LogP contribution in [0.1, 0.15) is 70.1 Å². The van der Waals surface area contributed by atoms with Gasteiger partial charge in [0, 0.05) is 6.54 Å². The summed E-state index contributed by atoms with van der Waals surface area (Å²) in [5.41, 5.74) is 0.905. The molecule has 0 bridgehead atoms. The van der Waals surface area contributed by atoms with Crippen molar-refractivity contribution in [2.24, 2.45) is 0 Å². The molecule has 0 unspecified atom stereocenters. The predicted molar refractivity (Wildman–Crippen MR) is 145 cm³/mol. The molecule has 1 aromatic heterocycles. The molecule has 1 aliphatic rings. The average Bonchev–Trinajstić information content (AvgIpc) is 2.88. The molecule has 36 heavy (non-hydrogen) atoms. The molecule has 192 valence electrons. The lowest BCUT2D eigenvalue weighted by atomic mass is 9.81. The smallest absolute Gasteiger partial charge is 0.262 e. The zero-order valence-electron chi connectivity index (χ0n) is 21.4. The maximum atomic E-state index is 13.3. The summed E-state index contributed by atoms with van der Waals surface area (Å²) in [6.45, 7) is 8.13. The molecule has 6 nitrogen and oxygen atoms in total. The lowest BCUT2D eigenvalue weighted by molar-refractivity contribution is -0.119. The summed E-state index contributed by atoms with van der Waals surface area (Å²) < 4.78 is 6.01. The Labute approximate surface area is 220 Å². The van der Waals surface area contributed by atoms with Crippen molar-refractivity contribution in [3.63, 3.8) is 0 Å². The second-order valence-electron chi connectivity index (χ2n) is 9.37. The fraction of sp³-hybridized carbons (Fsp3) is 0.483. The molecule has 1 N–H and O–H groups in total. The number of amides is 1. The highest BCUT2D eigenvalue weighted by atomic mass is 35.5. The third kappa shape index (κ3) is 7.81. The largest absolute Gasteiger partial charge is 0.492 e. The first kappa shape index (κ1) is 27.7. The number of hydrogen-bond acceptors (Lipinski definition) is 5. The first-order chi connectivity index (χ1) is 17.5. The van der Waals surface area contributed by atoms with Gasteiger partial charge in [0.15, 0.2) is 0 Å². The van der Waals surface area contributed by atoms with Gasteiger partial charge in [-0.25, -0.2) is 4.98 Å². The molecule has 2 heterocycles. The number of rotatable bonds is 12. The van der Waals surface area contributed by atoms with E-state index in [2.05, 4.69) is 29.0 Å². The topological polar surface area (TPSA) is 78.2 Å². The Bertz CT molecular complexity index is 1050. The second kappa shape index (κ2) is 14.0. The summed E-state index contributed by atoms with van der Waals surface area (Å²) in [5, 5.41) is 13.2. The Morgan fingerprint density at radius 2 is 1.83 bits per heavy atom. The number of halogens is 1. The molecular formula is C29H37ClN4O2. The molecule has 0 spiro atoms. The maximum absolute atomic E-state index is 13.3. The van der Waals surface area contributed by atoms with E-state index >= 15 is 0 Å². The quantitative estimate of drug-likeness (QED) is 0.212. The minimum atomic E-state index is -0.579. The number of piperidine rings is 1. The van der Waals surface area contributed by atoms with Gasteiger partial charge in [-0.15, -0.1) is 0 Å². The van der Waals surface area contributed by atoms with Crippen molar-refractivity contribution < 1.29 is 9.53 Å². The van der Waals surface area contributed by atoms with Crippen LogP contribution in [0.2, 0.25) is 5.15 Å². The van der Waals surface area contributed by atoms with Crippen molar-refractivity contribution in [3.8, 4) is 11.8 Å². The van der Waals surface area contributed by atoms with Crippen LogP contribution in [-0.4, -0.2) is 42.0 Å². The highest BCUT2D eigenvalue weighted by molar-refractivity contribution is 6.29. The van der Waals surface area contributed by atoms with Crippen LogP contribution in [0.3, 0.4) is 0 Å². The fourth-order valence-electron chi connectivity index (χ4n) is 4.90. The Morgan fingerprint density at radius 3 is 2.44 bits per heavy atom. The van der Waals surface area contributed by atoms with E-state index in [0.29, 0.717) is 17.5 Å². The van der Waals surface area contributed by atoms with E-state index in [0.717, 1.165) is 56.6 Å². The minimum Gasteiger partial charge on any atom is -0.492 e. The summed E-state index contributed by atoms with van der Waals surface area (Å²) in [4.78, 5) is 19.9. The predicted octanol–water partition coefficient (Wildman–Crippen LogP) is 6.12. The molecule has 1 saturated heterocycles. The third-order valence-electron chi connectivity index (χ3n) is 6.63. The van der Waals surface area contributed by atoms with Gasteiger partial charge < -0.3 is 10.1 Å². The molecule has 1 aliphatic heterocycles. The number of benzene rings is 1. The van der Waals surface area contributed by atoms with Crippen molar-refractivity contribution in [2.45, 2.75) is 64.3 Å². The number of nitrogens with one attached hydrogen (secondary N) is 1. The molecule has 0 atom stereocenters. The van der Waals surface area contributed by atoms with Crippen LogP contribution in [0.25, 0.3) is 6.08 Å². The second-order valence-corrected chi connectivity index (χ2v) is 9.75. The summed E-state index contributed by atoms with van der Waals surface area (Å²) in [7, 11) is 0. The number of hydrogen-bond donors (Lipinski definition) is 1. The molecule has 7 heteroatoms. The van der Waals surface area contributed by atoms with Crippen molar-refractivity contribution in [1.82, 2.24) is 15.2 Å². The molecule has 1 fully saturated rings. The first-order valence-electron chi connectivity index (χ1n) is 13.0. The maximum Gasteiger partial charge on any atom is 0.262 e. The lowest BCUT2D eigenvalue weighted by Gasteiger charge is -2.35. The molecule has 0 saturated carbocycles. The highest BCUT2D eigenvalue weighted by Gasteiger charge is 2.33. The van der Waals surface area contributed by atoms with Gasteiger partial charge in [0.05, 0.1) is 11.2 Å². The van der Waals surface area contributed by atoms with Crippen LogP contribution in [0.5, 0.6) is 5.75 Å². The molecular weight excluding hydrogens is 472 g/mol. The van der Waals surface area contributed by atoms with Gasteiger partial charge in [-0.2, -0.15) is 5.26 Å². The molecule has 3 rings (SSSR count). The van der Waals surface area contributed by atoms with Crippen molar-refractivity contribution in [2.75, 3.05) is 26.2 Å². The number of aromatic nitrogens is 1.